The number of fused-ring (bicyclic) bond motifs is 4. The molecule has 0 spiro atoms. The highest BCUT2D eigenvalue weighted by atomic mass is 32.1. The minimum atomic E-state index is -0.511. The zero-order valence-electron chi connectivity index (χ0n) is 20.3. The molecule has 2 atom stereocenters. The largest absolute Gasteiger partial charge is 0.444 e. The summed E-state index contributed by atoms with van der Waals surface area (Å²) in [6.45, 7) is 10.9. The lowest BCUT2D eigenvalue weighted by atomic mass is 10.2. The Kier molecular flexibility index (Phi) is 4.73. The van der Waals surface area contributed by atoms with Crippen molar-refractivity contribution in [2.75, 3.05) is 18.0 Å². The van der Waals surface area contributed by atoms with Crippen LogP contribution in [0.5, 0.6) is 0 Å². The summed E-state index contributed by atoms with van der Waals surface area (Å²) in [7, 11) is 0. The van der Waals surface area contributed by atoms with Gasteiger partial charge in [0.05, 0.1) is 23.6 Å². The van der Waals surface area contributed by atoms with Crippen molar-refractivity contribution in [2.45, 2.75) is 58.7 Å². The first kappa shape index (κ1) is 22.0. The van der Waals surface area contributed by atoms with Gasteiger partial charge in [0.25, 0.3) is 5.56 Å². The summed E-state index contributed by atoms with van der Waals surface area (Å²) in [5.41, 5.74) is 3.17. The Bertz CT molecular complexity index is 1550. The number of amides is 1. The number of rotatable bonds is 2. The first-order chi connectivity index (χ1) is 16.6. The summed E-state index contributed by atoms with van der Waals surface area (Å²) in [5, 5.41) is 5.61. The molecule has 0 saturated carbocycles. The highest BCUT2D eigenvalue weighted by molar-refractivity contribution is 7.20. The van der Waals surface area contributed by atoms with Crippen LogP contribution in [-0.2, 0) is 4.74 Å². The van der Waals surface area contributed by atoms with Gasteiger partial charge in [-0.15, -0.1) is 0 Å². The number of aryl methyl sites for hydroxylation is 2. The van der Waals surface area contributed by atoms with E-state index in [9.17, 15) is 9.59 Å². The first-order valence-electron chi connectivity index (χ1n) is 11.7. The Morgan fingerprint density at radius 1 is 1.09 bits per heavy atom. The van der Waals surface area contributed by atoms with E-state index in [2.05, 4.69) is 15.0 Å². The number of likely N-dealkylation sites (tertiary alicyclic amines) is 1. The molecule has 0 aromatic carbocycles. The number of ether oxygens (including phenoxy) is 1. The average Bonchev–Trinajstić information content (AvgIpc) is 3.53. The number of imidazole rings is 1. The summed E-state index contributed by atoms with van der Waals surface area (Å²) in [6, 6.07) is 3.75. The SMILES string of the molecule is Cc1cn2nc(-c3cc(=O)n4cc(N5C[C@@H]6C[C@H]5CN6C(=O)OC(C)(C)C)sc4n3)cc(C)c2n1. The van der Waals surface area contributed by atoms with Gasteiger partial charge in [-0.25, -0.2) is 19.3 Å². The number of hydrogen-bond donors (Lipinski definition) is 0. The second-order valence-corrected chi connectivity index (χ2v) is 11.4. The van der Waals surface area contributed by atoms with E-state index in [0.29, 0.717) is 22.9 Å². The van der Waals surface area contributed by atoms with Crippen molar-refractivity contribution in [1.29, 1.82) is 0 Å². The van der Waals surface area contributed by atoms with Gasteiger partial charge in [-0.2, -0.15) is 5.10 Å². The highest BCUT2D eigenvalue weighted by Gasteiger charge is 2.47. The standard InChI is InChI=1S/C24H27N7O3S/c1-13-6-18(27-31-9-14(2)25-21(13)31)17-8-19(32)30-12-20(35-22(30)26-17)28-10-16-7-15(28)11-29(16)23(33)34-24(3,4)5/h6,8-9,12,15-16H,7,10-11H2,1-5H3/t15-,16-/m0/s1. The molecule has 4 aromatic rings. The molecule has 0 radical (unpaired) electrons. The number of anilines is 1. The highest BCUT2D eigenvalue weighted by Crippen LogP contribution is 2.38. The van der Waals surface area contributed by atoms with Crippen LogP contribution in [0.25, 0.3) is 22.0 Å². The number of piperazine rings is 1. The Morgan fingerprint density at radius 2 is 1.89 bits per heavy atom. The molecule has 0 N–H and O–H groups in total. The maximum Gasteiger partial charge on any atom is 0.410 e. The third kappa shape index (κ3) is 3.74. The van der Waals surface area contributed by atoms with Crippen LogP contribution in [0.1, 0.15) is 38.4 Å². The molecule has 2 bridgehead atoms. The smallest absolute Gasteiger partial charge is 0.410 e. The maximum atomic E-state index is 13.0. The molecule has 182 valence electrons. The molecular formula is C24H27N7O3S. The average molecular weight is 494 g/mol. The van der Waals surface area contributed by atoms with Gasteiger partial charge in [-0.1, -0.05) is 11.3 Å². The molecule has 4 aromatic heterocycles. The zero-order valence-corrected chi connectivity index (χ0v) is 21.2. The number of hydrogen-bond acceptors (Lipinski definition) is 8. The minimum Gasteiger partial charge on any atom is -0.444 e. The van der Waals surface area contributed by atoms with Crippen molar-refractivity contribution in [3.8, 4) is 11.4 Å². The van der Waals surface area contributed by atoms with E-state index in [4.69, 9.17) is 9.72 Å². The topological polar surface area (TPSA) is 97.3 Å². The number of nitrogens with zero attached hydrogens (tertiary/aromatic N) is 7. The third-order valence-corrected chi connectivity index (χ3v) is 7.52. The fraction of sp³-hybridized carbons (Fsp3) is 0.458. The molecule has 0 aliphatic carbocycles. The zero-order chi connectivity index (χ0) is 24.6. The lowest BCUT2D eigenvalue weighted by Crippen LogP contribution is -2.50. The molecular weight excluding hydrogens is 466 g/mol. The molecule has 6 heterocycles. The summed E-state index contributed by atoms with van der Waals surface area (Å²) in [5.74, 6) is 0. The second kappa shape index (κ2) is 7.51. The van der Waals surface area contributed by atoms with Crippen LogP contribution in [0, 0.1) is 13.8 Å². The van der Waals surface area contributed by atoms with Gasteiger partial charge in [-0.3, -0.25) is 9.20 Å². The van der Waals surface area contributed by atoms with Gasteiger partial charge in [0.15, 0.2) is 10.6 Å². The van der Waals surface area contributed by atoms with Crippen LogP contribution < -0.4 is 10.5 Å². The normalized spacial score (nSPS) is 19.9. The fourth-order valence-electron chi connectivity index (χ4n) is 5.01. The molecule has 1 amide bonds. The number of thiazole rings is 1. The second-order valence-electron chi connectivity index (χ2n) is 10.4. The van der Waals surface area contributed by atoms with Crippen molar-refractivity contribution in [3.05, 3.63) is 46.1 Å². The van der Waals surface area contributed by atoms with Gasteiger partial charge >= 0.3 is 6.09 Å². The van der Waals surface area contributed by atoms with Crippen molar-refractivity contribution in [1.82, 2.24) is 28.9 Å². The van der Waals surface area contributed by atoms with E-state index < -0.39 is 5.60 Å². The summed E-state index contributed by atoms with van der Waals surface area (Å²) in [4.78, 5) is 39.6. The van der Waals surface area contributed by atoms with Crippen molar-refractivity contribution in [2.24, 2.45) is 0 Å². The molecule has 0 unspecified atom stereocenters. The van der Waals surface area contributed by atoms with Crippen LogP contribution in [-0.4, -0.2) is 65.8 Å². The van der Waals surface area contributed by atoms with Gasteiger partial charge in [0.2, 0.25) is 0 Å². The maximum absolute atomic E-state index is 13.0. The van der Waals surface area contributed by atoms with E-state index in [-0.39, 0.29) is 23.7 Å². The van der Waals surface area contributed by atoms with Gasteiger partial charge in [-0.05, 0) is 52.7 Å². The van der Waals surface area contributed by atoms with Crippen LogP contribution in [0.3, 0.4) is 0 Å². The van der Waals surface area contributed by atoms with Crippen LogP contribution >= 0.6 is 11.3 Å². The molecule has 11 heteroatoms. The number of aromatic nitrogens is 5. The van der Waals surface area contributed by atoms with E-state index in [1.807, 2.05) is 58.0 Å². The predicted molar refractivity (Wildman–Crippen MR) is 133 cm³/mol. The van der Waals surface area contributed by atoms with Gasteiger partial charge < -0.3 is 14.5 Å². The first-order valence-corrected chi connectivity index (χ1v) is 12.5. The molecule has 10 nitrogen and oxygen atoms in total. The van der Waals surface area contributed by atoms with E-state index in [1.54, 1.807) is 8.92 Å². The van der Waals surface area contributed by atoms with Gasteiger partial charge in [0, 0.05) is 31.4 Å². The van der Waals surface area contributed by atoms with Gasteiger partial charge in [0.1, 0.15) is 16.3 Å². The van der Waals surface area contributed by atoms with E-state index in [0.717, 1.165) is 34.9 Å². The summed E-state index contributed by atoms with van der Waals surface area (Å²) in [6.07, 6.45) is 4.37. The molecule has 2 aliphatic rings. The Labute approximate surface area is 205 Å². The number of carbonyl (C=O) groups excluding carboxylic acids is 1. The van der Waals surface area contributed by atoms with Crippen LogP contribution in [0.4, 0.5) is 9.80 Å². The lowest BCUT2D eigenvalue weighted by Gasteiger charge is -2.35. The predicted octanol–water partition coefficient (Wildman–Crippen LogP) is 3.28. The van der Waals surface area contributed by atoms with E-state index >= 15 is 0 Å². The minimum absolute atomic E-state index is 0.109. The van der Waals surface area contributed by atoms with Crippen molar-refractivity contribution in [3.63, 3.8) is 0 Å². The summed E-state index contributed by atoms with van der Waals surface area (Å²) >= 11 is 1.48. The molecule has 2 aliphatic heterocycles. The van der Waals surface area contributed by atoms with Crippen LogP contribution in [0.15, 0.2) is 29.3 Å². The van der Waals surface area contributed by atoms with Crippen molar-refractivity contribution >= 4 is 33.0 Å². The quantitative estimate of drug-likeness (QED) is 0.423. The fourth-order valence-corrected chi connectivity index (χ4v) is 6.08. The molecule has 2 saturated heterocycles. The van der Waals surface area contributed by atoms with Crippen molar-refractivity contribution < 1.29 is 9.53 Å². The van der Waals surface area contributed by atoms with Crippen LogP contribution in [0.2, 0.25) is 0 Å². The Hall–Kier alpha value is -3.47. The lowest BCUT2D eigenvalue weighted by molar-refractivity contribution is 0.0215. The van der Waals surface area contributed by atoms with E-state index in [1.165, 1.54) is 17.4 Å². The summed E-state index contributed by atoms with van der Waals surface area (Å²) < 4.78 is 8.90. The Balaban J connectivity index is 1.29. The molecule has 35 heavy (non-hydrogen) atoms. The monoisotopic (exact) mass is 493 g/mol. The number of carbonyl (C=O) groups is 1. The Morgan fingerprint density at radius 3 is 2.60 bits per heavy atom. The third-order valence-electron chi connectivity index (χ3n) is 6.50. The molecule has 6 rings (SSSR count). The molecule has 2 fully saturated rings.